The van der Waals surface area contributed by atoms with Crippen LogP contribution >= 0.6 is 23.2 Å². The Balaban J connectivity index is 2.85. The number of amides is 2. The molecule has 1 aromatic carbocycles. The second-order valence-corrected chi connectivity index (χ2v) is 4.54. The first-order valence-corrected chi connectivity index (χ1v) is 6.38. The van der Waals surface area contributed by atoms with Crippen molar-refractivity contribution < 1.29 is 14.3 Å². The highest BCUT2D eigenvalue weighted by Gasteiger charge is 2.22. The van der Waals surface area contributed by atoms with Gasteiger partial charge in [0.1, 0.15) is 0 Å². The molecule has 5 nitrogen and oxygen atoms in total. The van der Waals surface area contributed by atoms with Gasteiger partial charge in [0.25, 0.3) is 11.8 Å². The molecule has 3 N–H and O–H groups in total. The number of ether oxygens (including phenoxy) is 1. The zero-order chi connectivity index (χ0) is 14.4. The van der Waals surface area contributed by atoms with Crippen LogP contribution in [0.5, 0.6) is 0 Å². The highest BCUT2D eigenvalue weighted by molar-refractivity contribution is 6.39. The normalized spacial score (nSPS) is 11.9. The van der Waals surface area contributed by atoms with Crippen LogP contribution in [-0.4, -0.2) is 24.6 Å². The zero-order valence-corrected chi connectivity index (χ0v) is 11.8. The van der Waals surface area contributed by atoms with E-state index in [-0.39, 0.29) is 15.6 Å². The average molecular weight is 305 g/mol. The van der Waals surface area contributed by atoms with E-state index in [2.05, 4.69) is 5.32 Å². The maximum atomic E-state index is 12.0. The van der Waals surface area contributed by atoms with Crippen molar-refractivity contribution in [3.63, 3.8) is 0 Å². The van der Waals surface area contributed by atoms with Crippen LogP contribution in [0.1, 0.15) is 23.7 Å². The summed E-state index contributed by atoms with van der Waals surface area (Å²) in [6.07, 6.45) is -0.522. The van der Waals surface area contributed by atoms with Crippen LogP contribution < -0.4 is 11.1 Å². The van der Waals surface area contributed by atoms with Crippen LogP contribution in [0.3, 0.4) is 0 Å². The number of hydrogen-bond donors (Lipinski definition) is 2. The molecule has 0 bridgehead atoms. The van der Waals surface area contributed by atoms with Gasteiger partial charge in [0.15, 0.2) is 0 Å². The minimum atomic E-state index is -1.21. The first-order chi connectivity index (χ1) is 8.97. The number of carbonyl (C=O) groups excluding carboxylic acids is 2. The molecule has 7 heteroatoms. The lowest BCUT2D eigenvalue weighted by Crippen LogP contribution is -2.46. The zero-order valence-electron chi connectivity index (χ0n) is 10.3. The molecular weight excluding hydrogens is 291 g/mol. The first kappa shape index (κ1) is 15.8. The Labute approximate surface area is 121 Å². The molecule has 0 aliphatic heterocycles. The molecule has 19 heavy (non-hydrogen) atoms. The van der Waals surface area contributed by atoms with Crippen molar-refractivity contribution >= 4 is 35.0 Å². The molecule has 0 aliphatic carbocycles. The Kier molecular flexibility index (Phi) is 6.08. The summed E-state index contributed by atoms with van der Waals surface area (Å²) in [5.74, 6) is -1.40. The molecule has 1 unspecified atom stereocenters. The molecule has 0 aromatic heterocycles. The molecule has 2 amide bonds. The molecule has 0 spiro atoms. The smallest absolute Gasteiger partial charge is 0.267 e. The SMILES string of the molecule is CCCOC(NC(=O)c1c(Cl)cccc1Cl)C(N)=O. The standard InChI is InChI=1S/C12H14Cl2N2O3/c1-2-6-19-12(10(15)17)16-11(18)9-7(13)4-3-5-8(9)14/h3-5,12H,2,6H2,1H3,(H2,15,17)(H,16,18). The van der Waals surface area contributed by atoms with Crippen LogP contribution in [0.2, 0.25) is 10.0 Å². The number of primary amides is 1. The van der Waals surface area contributed by atoms with Gasteiger partial charge in [0.05, 0.1) is 15.6 Å². The molecule has 1 aromatic rings. The van der Waals surface area contributed by atoms with E-state index >= 15 is 0 Å². The fourth-order valence-electron chi connectivity index (χ4n) is 1.34. The predicted molar refractivity (Wildman–Crippen MR) is 73.2 cm³/mol. The van der Waals surface area contributed by atoms with Gasteiger partial charge in [-0.25, -0.2) is 0 Å². The highest BCUT2D eigenvalue weighted by atomic mass is 35.5. The molecule has 1 atom stereocenters. The maximum Gasteiger partial charge on any atom is 0.267 e. The Morgan fingerprint density at radius 3 is 2.42 bits per heavy atom. The second-order valence-electron chi connectivity index (χ2n) is 3.72. The van der Waals surface area contributed by atoms with E-state index in [1.807, 2.05) is 6.92 Å². The third-order valence-electron chi connectivity index (χ3n) is 2.20. The van der Waals surface area contributed by atoms with Gasteiger partial charge in [-0.1, -0.05) is 36.2 Å². The van der Waals surface area contributed by atoms with Gasteiger partial charge in [-0.2, -0.15) is 0 Å². The van der Waals surface area contributed by atoms with E-state index in [4.69, 9.17) is 33.7 Å². The van der Waals surface area contributed by atoms with E-state index in [0.29, 0.717) is 13.0 Å². The quantitative estimate of drug-likeness (QED) is 0.788. The number of rotatable bonds is 6. The fraction of sp³-hybridized carbons (Fsp3) is 0.333. The molecule has 0 saturated heterocycles. The third-order valence-corrected chi connectivity index (χ3v) is 2.83. The summed E-state index contributed by atoms with van der Waals surface area (Å²) in [7, 11) is 0. The predicted octanol–water partition coefficient (Wildman–Crippen LogP) is 1.96. The summed E-state index contributed by atoms with van der Waals surface area (Å²) in [4.78, 5) is 23.2. The Morgan fingerprint density at radius 1 is 1.37 bits per heavy atom. The minimum Gasteiger partial charge on any atom is -0.366 e. The van der Waals surface area contributed by atoms with E-state index in [1.165, 1.54) is 12.1 Å². The van der Waals surface area contributed by atoms with Gasteiger partial charge >= 0.3 is 0 Å². The largest absolute Gasteiger partial charge is 0.366 e. The highest BCUT2D eigenvalue weighted by Crippen LogP contribution is 2.24. The molecule has 0 saturated carbocycles. The van der Waals surface area contributed by atoms with E-state index in [1.54, 1.807) is 6.07 Å². The van der Waals surface area contributed by atoms with Crippen LogP contribution in [0.4, 0.5) is 0 Å². The summed E-state index contributed by atoms with van der Waals surface area (Å²) in [6.45, 7) is 2.16. The fourth-order valence-corrected chi connectivity index (χ4v) is 1.91. The summed E-state index contributed by atoms with van der Waals surface area (Å²) in [5.41, 5.74) is 5.22. The van der Waals surface area contributed by atoms with Gasteiger partial charge in [0, 0.05) is 6.61 Å². The lowest BCUT2D eigenvalue weighted by atomic mass is 10.2. The summed E-state index contributed by atoms with van der Waals surface area (Å²) >= 11 is 11.8. The van der Waals surface area contributed by atoms with Gasteiger partial charge in [-0.15, -0.1) is 0 Å². The second kappa shape index (κ2) is 7.33. The molecule has 1 rings (SSSR count). The lowest BCUT2D eigenvalue weighted by Gasteiger charge is -2.16. The van der Waals surface area contributed by atoms with Crippen molar-refractivity contribution in [2.45, 2.75) is 19.6 Å². The molecule has 0 aliphatic rings. The van der Waals surface area contributed by atoms with Gasteiger partial charge in [-0.05, 0) is 18.6 Å². The number of nitrogens with two attached hydrogens (primary N) is 1. The molecule has 0 fully saturated rings. The number of benzene rings is 1. The Bertz CT molecular complexity index is 460. The number of nitrogens with one attached hydrogen (secondary N) is 1. The van der Waals surface area contributed by atoms with Crippen LogP contribution in [0, 0.1) is 0 Å². The third kappa shape index (κ3) is 4.38. The van der Waals surface area contributed by atoms with Crippen molar-refractivity contribution in [1.82, 2.24) is 5.32 Å². The van der Waals surface area contributed by atoms with Gasteiger partial charge < -0.3 is 15.8 Å². The van der Waals surface area contributed by atoms with Gasteiger partial charge in [0.2, 0.25) is 6.23 Å². The van der Waals surface area contributed by atoms with Crippen molar-refractivity contribution in [1.29, 1.82) is 0 Å². The lowest BCUT2D eigenvalue weighted by molar-refractivity contribution is -0.130. The maximum absolute atomic E-state index is 12.0. The summed E-state index contributed by atoms with van der Waals surface area (Å²) in [5, 5.41) is 2.71. The number of hydrogen-bond acceptors (Lipinski definition) is 3. The van der Waals surface area contributed by atoms with Crippen molar-refractivity contribution in [3.05, 3.63) is 33.8 Å². The number of halogens is 2. The monoisotopic (exact) mass is 304 g/mol. The molecule has 0 heterocycles. The molecular formula is C12H14Cl2N2O3. The Hall–Kier alpha value is -1.30. The average Bonchev–Trinajstić information content (AvgIpc) is 2.33. The van der Waals surface area contributed by atoms with E-state index in [9.17, 15) is 9.59 Å². The minimum absolute atomic E-state index is 0.0807. The topological polar surface area (TPSA) is 81.4 Å². The Morgan fingerprint density at radius 2 is 1.95 bits per heavy atom. The van der Waals surface area contributed by atoms with Crippen LogP contribution in [0.15, 0.2) is 18.2 Å². The van der Waals surface area contributed by atoms with Gasteiger partial charge in [-0.3, -0.25) is 9.59 Å². The summed E-state index contributed by atoms with van der Waals surface area (Å²) in [6, 6.07) is 4.66. The van der Waals surface area contributed by atoms with Crippen molar-refractivity contribution in [2.75, 3.05) is 6.61 Å². The summed E-state index contributed by atoms with van der Waals surface area (Å²) < 4.78 is 5.13. The molecule has 104 valence electrons. The number of carbonyl (C=O) groups is 2. The first-order valence-electron chi connectivity index (χ1n) is 5.63. The van der Waals surface area contributed by atoms with E-state index < -0.39 is 18.0 Å². The van der Waals surface area contributed by atoms with E-state index in [0.717, 1.165) is 0 Å². The van der Waals surface area contributed by atoms with Crippen LogP contribution in [-0.2, 0) is 9.53 Å². The van der Waals surface area contributed by atoms with Crippen LogP contribution in [0.25, 0.3) is 0 Å². The van der Waals surface area contributed by atoms with Crippen molar-refractivity contribution in [2.24, 2.45) is 5.73 Å². The van der Waals surface area contributed by atoms with Crippen molar-refractivity contribution in [3.8, 4) is 0 Å². The molecule has 0 radical (unpaired) electrons.